The van der Waals surface area contributed by atoms with Crippen LogP contribution in [0, 0.1) is 0 Å². The van der Waals surface area contributed by atoms with Gasteiger partial charge in [0.2, 0.25) is 0 Å². The summed E-state index contributed by atoms with van der Waals surface area (Å²) in [7, 11) is 0. The van der Waals surface area contributed by atoms with Gasteiger partial charge in [0.05, 0.1) is 6.54 Å². The largest absolute Gasteiger partial charge is 0.486 e. The summed E-state index contributed by atoms with van der Waals surface area (Å²) in [6.45, 7) is 2.64. The Kier molecular flexibility index (Phi) is 5.42. The maximum absolute atomic E-state index is 12.2. The molecule has 0 aliphatic carbocycles. The number of nitrogens with one attached hydrogen (secondary N) is 2. The van der Waals surface area contributed by atoms with Gasteiger partial charge in [0.25, 0.3) is 0 Å². The van der Waals surface area contributed by atoms with Crippen LogP contribution in [0.4, 0.5) is 4.79 Å². The molecule has 0 spiro atoms. The minimum Gasteiger partial charge on any atom is -0.486 e. The Morgan fingerprint density at radius 1 is 0.964 bits per heavy atom. The molecule has 1 aliphatic heterocycles. The summed E-state index contributed by atoms with van der Waals surface area (Å²) in [5.41, 5.74) is 3.14. The number of fused-ring (bicyclic) bond motifs is 1. The topological polar surface area (TPSA) is 77.4 Å². The van der Waals surface area contributed by atoms with Gasteiger partial charge < -0.3 is 20.1 Å². The molecule has 7 heteroatoms. The summed E-state index contributed by atoms with van der Waals surface area (Å²) in [5, 5.41) is 10.0. The minimum atomic E-state index is -0.219. The zero-order valence-electron chi connectivity index (χ0n) is 15.4. The predicted molar refractivity (Wildman–Crippen MR) is 104 cm³/mol. The fourth-order valence-corrected chi connectivity index (χ4v) is 3.07. The molecule has 0 atom stereocenters. The van der Waals surface area contributed by atoms with E-state index < -0.39 is 0 Å². The van der Waals surface area contributed by atoms with Crippen LogP contribution >= 0.6 is 0 Å². The van der Waals surface area contributed by atoms with E-state index in [2.05, 4.69) is 15.7 Å². The number of carbonyl (C=O) groups is 1. The van der Waals surface area contributed by atoms with Crippen molar-refractivity contribution >= 4 is 6.03 Å². The van der Waals surface area contributed by atoms with E-state index in [1.165, 1.54) is 0 Å². The van der Waals surface area contributed by atoms with Crippen molar-refractivity contribution in [2.24, 2.45) is 0 Å². The third-order valence-corrected chi connectivity index (χ3v) is 4.51. The molecule has 3 aromatic rings. The Bertz CT molecular complexity index is 941. The number of ether oxygens (including phenoxy) is 2. The van der Waals surface area contributed by atoms with Crippen molar-refractivity contribution in [2.75, 3.05) is 13.2 Å². The number of carbonyl (C=O) groups excluding carboxylic acids is 1. The van der Waals surface area contributed by atoms with E-state index in [9.17, 15) is 4.79 Å². The van der Waals surface area contributed by atoms with Gasteiger partial charge in [-0.1, -0.05) is 30.3 Å². The van der Waals surface area contributed by atoms with E-state index in [-0.39, 0.29) is 6.03 Å². The Hall–Kier alpha value is -3.48. The van der Waals surface area contributed by atoms with Gasteiger partial charge in [-0.15, -0.1) is 0 Å². The summed E-state index contributed by atoms with van der Waals surface area (Å²) >= 11 is 0. The predicted octanol–water partition coefficient (Wildman–Crippen LogP) is 2.70. The van der Waals surface area contributed by atoms with Crippen molar-refractivity contribution < 1.29 is 14.3 Å². The number of amides is 2. The average Bonchev–Trinajstić information content (AvgIpc) is 3.24. The molecule has 28 heavy (non-hydrogen) atoms. The van der Waals surface area contributed by atoms with Crippen molar-refractivity contribution in [1.29, 1.82) is 0 Å². The molecule has 0 fully saturated rings. The van der Waals surface area contributed by atoms with Crippen molar-refractivity contribution in [3.63, 3.8) is 0 Å². The van der Waals surface area contributed by atoms with E-state index in [4.69, 9.17) is 9.47 Å². The number of hydrogen-bond donors (Lipinski definition) is 2. The first-order valence-corrected chi connectivity index (χ1v) is 9.22. The van der Waals surface area contributed by atoms with Crippen molar-refractivity contribution in [1.82, 2.24) is 20.4 Å². The van der Waals surface area contributed by atoms with E-state index in [1.54, 1.807) is 6.20 Å². The van der Waals surface area contributed by atoms with Crippen LogP contribution in [-0.2, 0) is 19.6 Å². The van der Waals surface area contributed by atoms with Crippen LogP contribution in [0.1, 0.15) is 16.7 Å². The first-order chi connectivity index (χ1) is 13.8. The maximum atomic E-state index is 12.2. The quantitative estimate of drug-likeness (QED) is 0.691. The Morgan fingerprint density at radius 3 is 2.57 bits per heavy atom. The Balaban J connectivity index is 1.30. The molecule has 2 N–H and O–H groups in total. The molecule has 1 aromatic heterocycles. The van der Waals surface area contributed by atoms with Gasteiger partial charge in [-0.25, -0.2) is 4.79 Å². The number of nitrogens with zero attached hydrogens (tertiary/aromatic N) is 2. The van der Waals surface area contributed by atoms with Crippen LogP contribution in [0.25, 0.3) is 0 Å². The van der Waals surface area contributed by atoms with Gasteiger partial charge in [-0.05, 0) is 34.9 Å². The lowest BCUT2D eigenvalue weighted by Crippen LogP contribution is -2.34. The molecule has 7 nitrogen and oxygen atoms in total. The Morgan fingerprint density at radius 2 is 1.75 bits per heavy atom. The first-order valence-electron chi connectivity index (χ1n) is 9.22. The van der Waals surface area contributed by atoms with Gasteiger partial charge in [0.15, 0.2) is 11.5 Å². The highest BCUT2D eigenvalue weighted by molar-refractivity contribution is 5.73. The van der Waals surface area contributed by atoms with Crippen molar-refractivity contribution in [3.05, 3.63) is 77.6 Å². The molecule has 0 saturated carbocycles. The molecule has 2 amide bonds. The smallest absolute Gasteiger partial charge is 0.315 e. The number of hydrogen-bond acceptors (Lipinski definition) is 4. The van der Waals surface area contributed by atoms with Gasteiger partial charge in [0, 0.05) is 25.5 Å². The third kappa shape index (κ3) is 4.43. The van der Waals surface area contributed by atoms with E-state index in [0.29, 0.717) is 32.8 Å². The summed E-state index contributed by atoms with van der Waals surface area (Å²) in [5.74, 6) is 1.46. The molecule has 0 unspecified atom stereocenters. The lowest BCUT2D eigenvalue weighted by Gasteiger charge is -2.19. The lowest BCUT2D eigenvalue weighted by molar-refractivity contribution is 0.171. The minimum absolute atomic E-state index is 0.219. The molecule has 144 valence electrons. The number of urea groups is 1. The summed E-state index contributed by atoms with van der Waals surface area (Å²) in [4.78, 5) is 12.2. The molecule has 0 bridgehead atoms. The second-order valence-electron chi connectivity index (χ2n) is 6.49. The van der Waals surface area contributed by atoms with Crippen LogP contribution in [0.2, 0.25) is 0 Å². The van der Waals surface area contributed by atoms with Crippen molar-refractivity contribution in [3.8, 4) is 11.5 Å². The van der Waals surface area contributed by atoms with Gasteiger partial charge in [-0.3, -0.25) is 4.68 Å². The number of benzene rings is 2. The molecule has 2 aromatic carbocycles. The highest BCUT2D eigenvalue weighted by atomic mass is 16.6. The molecular formula is C21H22N4O3. The van der Waals surface area contributed by atoms with Crippen LogP contribution in [0.3, 0.4) is 0 Å². The van der Waals surface area contributed by atoms with Crippen molar-refractivity contribution in [2.45, 2.75) is 19.6 Å². The molecule has 0 saturated heterocycles. The molecular weight excluding hydrogens is 356 g/mol. The standard InChI is InChI=1S/C21H22N4O3/c26-21(22-13-16-6-7-19-20(12-16)28-11-10-27-19)23-14-17-4-1-2-5-18(17)15-25-9-3-8-24-25/h1-9,12H,10-11,13-15H2,(H2,22,23,26). The summed E-state index contributed by atoms with van der Waals surface area (Å²) < 4.78 is 12.9. The zero-order valence-corrected chi connectivity index (χ0v) is 15.4. The van der Waals surface area contributed by atoms with Crippen LogP contribution in [0.15, 0.2) is 60.9 Å². The second-order valence-corrected chi connectivity index (χ2v) is 6.49. The number of rotatable bonds is 6. The average molecular weight is 378 g/mol. The monoisotopic (exact) mass is 378 g/mol. The normalized spacial score (nSPS) is 12.4. The van der Waals surface area contributed by atoms with Gasteiger partial charge >= 0.3 is 6.03 Å². The second kappa shape index (κ2) is 8.47. The zero-order chi connectivity index (χ0) is 19.2. The van der Waals surface area contributed by atoms with Gasteiger partial charge in [0.1, 0.15) is 13.2 Å². The molecule has 2 heterocycles. The summed E-state index contributed by atoms with van der Waals surface area (Å²) in [6.07, 6.45) is 3.68. The fraction of sp³-hybridized carbons (Fsp3) is 0.238. The van der Waals surface area contributed by atoms with Crippen LogP contribution < -0.4 is 20.1 Å². The number of aromatic nitrogens is 2. The van der Waals surface area contributed by atoms with E-state index >= 15 is 0 Å². The SMILES string of the molecule is O=C(NCc1ccc2c(c1)OCCO2)NCc1ccccc1Cn1cccn1. The highest BCUT2D eigenvalue weighted by Gasteiger charge is 2.12. The van der Waals surface area contributed by atoms with Crippen LogP contribution in [0.5, 0.6) is 11.5 Å². The van der Waals surface area contributed by atoms with E-state index in [1.807, 2.05) is 59.4 Å². The van der Waals surface area contributed by atoms with Crippen LogP contribution in [-0.4, -0.2) is 29.0 Å². The fourth-order valence-electron chi connectivity index (χ4n) is 3.07. The molecule has 4 rings (SSSR count). The molecule has 1 aliphatic rings. The lowest BCUT2D eigenvalue weighted by atomic mass is 10.1. The van der Waals surface area contributed by atoms with E-state index in [0.717, 1.165) is 28.2 Å². The Labute approximate surface area is 163 Å². The third-order valence-electron chi connectivity index (χ3n) is 4.51. The maximum Gasteiger partial charge on any atom is 0.315 e. The molecule has 0 radical (unpaired) electrons. The first kappa shape index (κ1) is 17.9. The highest BCUT2D eigenvalue weighted by Crippen LogP contribution is 2.30. The summed E-state index contributed by atoms with van der Waals surface area (Å²) in [6, 6.07) is 15.4. The van der Waals surface area contributed by atoms with Gasteiger partial charge in [-0.2, -0.15) is 5.10 Å².